The molecule has 1 aliphatic rings. The predicted molar refractivity (Wildman–Crippen MR) is 93.4 cm³/mol. The van der Waals surface area contributed by atoms with E-state index in [9.17, 15) is 0 Å². The summed E-state index contributed by atoms with van der Waals surface area (Å²) in [5, 5.41) is 0. The molecule has 0 radical (unpaired) electrons. The van der Waals surface area contributed by atoms with E-state index in [1.54, 1.807) is 11.8 Å². The molecule has 3 rings (SSSR count). The zero-order chi connectivity index (χ0) is 15.1. The fourth-order valence-corrected chi connectivity index (χ4v) is 2.68. The first-order valence-electron chi connectivity index (χ1n) is 7.47. The maximum Gasteiger partial charge on any atom is 0.128 e. The van der Waals surface area contributed by atoms with Crippen molar-refractivity contribution >= 4 is 17.6 Å². The number of pyridine rings is 1. The highest BCUT2D eigenvalue weighted by Gasteiger charge is 2.12. The molecule has 0 spiro atoms. The van der Waals surface area contributed by atoms with Crippen molar-refractivity contribution in [1.82, 2.24) is 4.98 Å². The van der Waals surface area contributed by atoms with Gasteiger partial charge >= 0.3 is 0 Å². The molecule has 0 bridgehead atoms. The maximum absolute atomic E-state index is 4.39. The SMILES string of the molecule is CSc1ccc(C)cc1.Cc1ccc(N2CCCC2)nc1. The maximum atomic E-state index is 4.39. The van der Waals surface area contributed by atoms with E-state index < -0.39 is 0 Å². The van der Waals surface area contributed by atoms with Crippen LogP contribution < -0.4 is 4.90 Å². The molecule has 0 atom stereocenters. The summed E-state index contributed by atoms with van der Waals surface area (Å²) in [6, 6.07) is 12.8. The summed E-state index contributed by atoms with van der Waals surface area (Å²) in [4.78, 5) is 8.07. The number of thioether (sulfide) groups is 1. The van der Waals surface area contributed by atoms with Gasteiger partial charge in [-0.05, 0) is 56.7 Å². The first kappa shape index (κ1) is 15.9. The molecule has 1 aliphatic heterocycles. The van der Waals surface area contributed by atoms with Crippen LogP contribution in [0.1, 0.15) is 24.0 Å². The van der Waals surface area contributed by atoms with E-state index in [0.29, 0.717) is 0 Å². The second-order valence-electron chi connectivity index (χ2n) is 5.41. The molecule has 0 unspecified atom stereocenters. The van der Waals surface area contributed by atoms with Crippen molar-refractivity contribution in [3.05, 3.63) is 53.7 Å². The highest BCUT2D eigenvalue weighted by molar-refractivity contribution is 7.98. The Bertz CT molecular complexity index is 528. The van der Waals surface area contributed by atoms with Gasteiger partial charge in [-0.25, -0.2) is 4.98 Å². The number of hydrogen-bond donors (Lipinski definition) is 0. The summed E-state index contributed by atoms with van der Waals surface area (Å²) in [6.07, 6.45) is 6.66. The van der Waals surface area contributed by atoms with E-state index in [1.165, 1.54) is 42.0 Å². The summed E-state index contributed by atoms with van der Waals surface area (Å²) < 4.78 is 0. The van der Waals surface area contributed by atoms with E-state index in [-0.39, 0.29) is 0 Å². The van der Waals surface area contributed by atoms with Gasteiger partial charge in [-0.15, -0.1) is 11.8 Å². The number of benzene rings is 1. The molecule has 1 saturated heterocycles. The number of aromatic nitrogens is 1. The fraction of sp³-hybridized carbons (Fsp3) is 0.389. The average Bonchev–Trinajstić information content (AvgIpc) is 3.04. The van der Waals surface area contributed by atoms with E-state index >= 15 is 0 Å². The van der Waals surface area contributed by atoms with Crippen molar-refractivity contribution in [2.75, 3.05) is 24.2 Å². The van der Waals surface area contributed by atoms with Crippen LogP contribution in [0.15, 0.2) is 47.5 Å². The Morgan fingerprint density at radius 1 is 0.905 bits per heavy atom. The lowest BCUT2D eigenvalue weighted by Crippen LogP contribution is -2.18. The van der Waals surface area contributed by atoms with Crippen LogP contribution in [0.2, 0.25) is 0 Å². The van der Waals surface area contributed by atoms with Crippen LogP contribution in [0.5, 0.6) is 0 Å². The fourth-order valence-electron chi connectivity index (χ4n) is 2.27. The van der Waals surface area contributed by atoms with Gasteiger partial charge < -0.3 is 4.90 Å². The van der Waals surface area contributed by atoms with Crippen LogP contribution in [0.3, 0.4) is 0 Å². The Hall–Kier alpha value is -1.48. The molecule has 1 aromatic heterocycles. The Morgan fingerprint density at radius 2 is 1.52 bits per heavy atom. The summed E-state index contributed by atoms with van der Waals surface area (Å²) >= 11 is 1.78. The molecule has 2 aromatic rings. The molecule has 0 N–H and O–H groups in total. The van der Waals surface area contributed by atoms with Gasteiger partial charge in [0.05, 0.1) is 0 Å². The highest BCUT2D eigenvalue weighted by Crippen LogP contribution is 2.17. The normalized spacial score (nSPS) is 13.8. The van der Waals surface area contributed by atoms with E-state index in [1.807, 2.05) is 6.20 Å². The molecule has 0 saturated carbocycles. The van der Waals surface area contributed by atoms with Crippen molar-refractivity contribution in [2.45, 2.75) is 31.6 Å². The monoisotopic (exact) mass is 300 g/mol. The van der Waals surface area contributed by atoms with Crippen LogP contribution in [-0.2, 0) is 0 Å². The van der Waals surface area contributed by atoms with E-state index in [0.717, 1.165) is 5.82 Å². The summed E-state index contributed by atoms with van der Waals surface area (Å²) in [7, 11) is 0. The van der Waals surface area contributed by atoms with Gasteiger partial charge in [0.15, 0.2) is 0 Å². The zero-order valence-electron chi connectivity index (χ0n) is 13.2. The lowest BCUT2D eigenvalue weighted by Gasteiger charge is -2.15. The topological polar surface area (TPSA) is 16.1 Å². The van der Waals surface area contributed by atoms with Gasteiger partial charge in [0.2, 0.25) is 0 Å². The molecule has 2 heterocycles. The highest BCUT2D eigenvalue weighted by atomic mass is 32.2. The number of hydrogen-bond acceptors (Lipinski definition) is 3. The van der Waals surface area contributed by atoms with Crippen molar-refractivity contribution in [3.8, 4) is 0 Å². The summed E-state index contributed by atoms with van der Waals surface area (Å²) in [6.45, 7) is 6.52. The largest absolute Gasteiger partial charge is 0.357 e. The second-order valence-corrected chi connectivity index (χ2v) is 6.28. The molecule has 21 heavy (non-hydrogen) atoms. The smallest absolute Gasteiger partial charge is 0.128 e. The van der Waals surface area contributed by atoms with Crippen LogP contribution in [0, 0.1) is 13.8 Å². The van der Waals surface area contributed by atoms with Crippen LogP contribution >= 0.6 is 11.8 Å². The Balaban J connectivity index is 0.000000161. The molecule has 3 heteroatoms. The Labute approximate surface area is 132 Å². The van der Waals surface area contributed by atoms with Crippen molar-refractivity contribution in [2.24, 2.45) is 0 Å². The van der Waals surface area contributed by atoms with Gasteiger partial charge in [0.25, 0.3) is 0 Å². The molecular weight excluding hydrogens is 276 g/mol. The molecule has 1 fully saturated rings. The predicted octanol–water partition coefficient (Wildman–Crippen LogP) is 4.71. The van der Waals surface area contributed by atoms with Crippen molar-refractivity contribution in [1.29, 1.82) is 0 Å². The second kappa shape index (κ2) is 8.08. The number of rotatable bonds is 2. The van der Waals surface area contributed by atoms with Gasteiger partial charge in [-0.3, -0.25) is 0 Å². The standard InChI is InChI=1S/C10H14N2.C8H10S/c1-9-4-5-10(11-8-9)12-6-2-3-7-12;1-7-3-5-8(9-2)6-4-7/h4-5,8H,2-3,6-7H2,1H3;3-6H,1-2H3. The van der Waals surface area contributed by atoms with E-state index in [2.05, 4.69) is 66.4 Å². The minimum absolute atomic E-state index is 1.14. The number of aryl methyl sites for hydroxylation is 2. The third-order valence-electron chi connectivity index (χ3n) is 3.58. The zero-order valence-corrected chi connectivity index (χ0v) is 14.0. The first-order chi connectivity index (χ1) is 10.2. The van der Waals surface area contributed by atoms with Gasteiger partial charge in [0.1, 0.15) is 5.82 Å². The molecular formula is C18H24N2S. The minimum atomic E-state index is 1.14. The third kappa shape index (κ3) is 5.09. The average molecular weight is 300 g/mol. The van der Waals surface area contributed by atoms with Gasteiger partial charge in [-0.2, -0.15) is 0 Å². The Morgan fingerprint density at radius 3 is 2.05 bits per heavy atom. The van der Waals surface area contributed by atoms with Crippen LogP contribution in [0.4, 0.5) is 5.82 Å². The number of nitrogens with zero attached hydrogens (tertiary/aromatic N) is 2. The molecule has 0 amide bonds. The molecule has 112 valence electrons. The quantitative estimate of drug-likeness (QED) is 0.747. The molecule has 2 nitrogen and oxygen atoms in total. The van der Waals surface area contributed by atoms with Gasteiger partial charge in [0, 0.05) is 24.2 Å². The van der Waals surface area contributed by atoms with Crippen molar-refractivity contribution in [3.63, 3.8) is 0 Å². The third-order valence-corrected chi connectivity index (χ3v) is 4.33. The molecule has 1 aromatic carbocycles. The van der Waals surface area contributed by atoms with Gasteiger partial charge in [-0.1, -0.05) is 23.8 Å². The lowest BCUT2D eigenvalue weighted by atomic mass is 10.2. The van der Waals surface area contributed by atoms with Crippen LogP contribution in [-0.4, -0.2) is 24.3 Å². The summed E-state index contributed by atoms with van der Waals surface area (Å²) in [5.74, 6) is 1.14. The number of anilines is 1. The lowest BCUT2D eigenvalue weighted by molar-refractivity contribution is 0.935. The van der Waals surface area contributed by atoms with E-state index in [4.69, 9.17) is 0 Å². The van der Waals surface area contributed by atoms with Crippen LogP contribution in [0.25, 0.3) is 0 Å². The molecule has 0 aliphatic carbocycles. The minimum Gasteiger partial charge on any atom is -0.357 e. The first-order valence-corrected chi connectivity index (χ1v) is 8.70. The van der Waals surface area contributed by atoms with Crippen molar-refractivity contribution < 1.29 is 0 Å². The Kier molecular flexibility index (Phi) is 6.12. The summed E-state index contributed by atoms with van der Waals surface area (Å²) in [5.41, 5.74) is 2.56.